The first-order chi connectivity index (χ1) is 5.99. The van der Waals surface area contributed by atoms with E-state index in [1.807, 2.05) is 0 Å². The van der Waals surface area contributed by atoms with Crippen LogP contribution in [0.25, 0.3) is 0 Å². The number of rotatable bonds is 5. The minimum absolute atomic E-state index is 0.286. The fourth-order valence-corrected chi connectivity index (χ4v) is 0.499. The summed E-state index contributed by atoms with van der Waals surface area (Å²) in [6.07, 6.45) is -1.54. The molecule has 76 valence electrons. The molecule has 13 heavy (non-hydrogen) atoms. The van der Waals surface area contributed by atoms with Gasteiger partial charge in [0.1, 0.15) is 6.04 Å². The van der Waals surface area contributed by atoms with Gasteiger partial charge in [-0.1, -0.05) is 0 Å². The first-order valence-electron chi connectivity index (χ1n) is 3.54. The van der Waals surface area contributed by atoms with Gasteiger partial charge in [0.15, 0.2) is 6.10 Å². The molecule has 0 bridgehead atoms. The van der Waals surface area contributed by atoms with Gasteiger partial charge >= 0.3 is 5.97 Å². The van der Waals surface area contributed by atoms with Crippen LogP contribution in [0, 0.1) is 0 Å². The smallest absolute Gasteiger partial charge is 0.322 e. The predicted octanol–water partition coefficient (Wildman–Crippen LogP) is -3.13. The molecule has 1 amide bonds. The molecule has 7 heteroatoms. The Morgan fingerprint density at radius 1 is 1.46 bits per heavy atom. The zero-order chi connectivity index (χ0) is 10.4. The summed E-state index contributed by atoms with van der Waals surface area (Å²) in [5, 5.41) is 27.4. The van der Waals surface area contributed by atoms with Gasteiger partial charge in [-0.05, 0) is 0 Å². The maximum atomic E-state index is 10.7. The van der Waals surface area contributed by atoms with Crippen LogP contribution in [0.15, 0.2) is 0 Å². The molecule has 0 aliphatic rings. The third kappa shape index (κ3) is 4.41. The number of carboxylic acid groups (broad SMARTS) is 1. The highest BCUT2D eigenvalue weighted by Gasteiger charge is 2.16. The standard InChI is InChI=1S/C6H12N2O5/c7-3(6(12)13)1-8-5(11)4(10)2-9/h3-4,9-10H,1-2,7H2,(H,8,11)(H,12,13). The first kappa shape index (κ1) is 11.8. The molecule has 7 nitrogen and oxygen atoms in total. The Balaban J connectivity index is 3.76. The number of aliphatic carboxylic acids is 1. The van der Waals surface area contributed by atoms with Gasteiger partial charge in [-0.3, -0.25) is 9.59 Å². The number of aliphatic hydroxyl groups is 2. The lowest BCUT2D eigenvalue weighted by molar-refractivity contribution is -0.138. The molecule has 0 spiro atoms. The van der Waals surface area contributed by atoms with Crippen molar-refractivity contribution in [2.45, 2.75) is 12.1 Å². The summed E-state index contributed by atoms with van der Waals surface area (Å²) in [5.41, 5.74) is 5.05. The largest absolute Gasteiger partial charge is 0.480 e. The van der Waals surface area contributed by atoms with E-state index in [1.54, 1.807) is 0 Å². The quantitative estimate of drug-likeness (QED) is 0.313. The molecule has 0 aliphatic carbocycles. The summed E-state index contributed by atoms with van der Waals surface area (Å²) in [7, 11) is 0. The lowest BCUT2D eigenvalue weighted by Crippen LogP contribution is -2.46. The molecule has 0 aromatic carbocycles. The molecule has 0 saturated carbocycles. The minimum atomic E-state index is -1.54. The Bertz CT molecular complexity index is 195. The number of carboxylic acids is 1. The maximum absolute atomic E-state index is 10.7. The molecule has 6 N–H and O–H groups in total. The Kier molecular flexibility index (Phi) is 4.97. The van der Waals surface area contributed by atoms with Crippen LogP contribution in [-0.2, 0) is 9.59 Å². The number of nitrogens with two attached hydrogens (primary N) is 1. The van der Waals surface area contributed by atoms with Gasteiger partial charge in [0.05, 0.1) is 6.61 Å². The molecule has 0 rings (SSSR count). The van der Waals surface area contributed by atoms with Gasteiger partial charge in [0.2, 0.25) is 0 Å². The van der Waals surface area contributed by atoms with Crippen LogP contribution in [0.3, 0.4) is 0 Å². The van der Waals surface area contributed by atoms with Gasteiger partial charge in [-0.15, -0.1) is 0 Å². The molecule has 0 heterocycles. The fraction of sp³-hybridized carbons (Fsp3) is 0.667. The first-order valence-corrected chi connectivity index (χ1v) is 3.54. The van der Waals surface area contributed by atoms with Gasteiger partial charge in [-0.2, -0.15) is 0 Å². The predicted molar refractivity (Wildman–Crippen MR) is 41.7 cm³/mol. The second kappa shape index (κ2) is 5.46. The van der Waals surface area contributed by atoms with Crippen molar-refractivity contribution < 1.29 is 24.9 Å². The second-order valence-corrected chi connectivity index (χ2v) is 2.39. The normalized spacial score (nSPS) is 14.7. The molecular formula is C6H12N2O5. The molecule has 0 aliphatic heterocycles. The number of aliphatic hydroxyl groups excluding tert-OH is 2. The van der Waals surface area contributed by atoms with Crippen LogP contribution in [0.1, 0.15) is 0 Å². The molecule has 0 aromatic heterocycles. The van der Waals surface area contributed by atoms with Gasteiger partial charge in [-0.25, -0.2) is 0 Å². The van der Waals surface area contributed by atoms with Crippen molar-refractivity contribution >= 4 is 11.9 Å². The molecule has 0 radical (unpaired) electrons. The summed E-state index contributed by atoms with van der Waals surface area (Å²) >= 11 is 0. The highest BCUT2D eigenvalue weighted by Crippen LogP contribution is 1.81. The molecule has 2 unspecified atom stereocenters. The number of hydrogen-bond donors (Lipinski definition) is 5. The van der Waals surface area contributed by atoms with E-state index in [0.29, 0.717) is 0 Å². The zero-order valence-electron chi connectivity index (χ0n) is 6.80. The molecule has 0 fully saturated rings. The molecule has 2 atom stereocenters. The van der Waals surface area contributed by atoms with E-state index >= 15 is 0 Å². The highest BCUT2D eigenvalue weighted by atomic mass is 16.4. The third-order valence-corrected chi connectivity index (χ3v) is 1.29. The van der Waals surface area contributed by atoms with Crippen molar-refractivity contribution in [3.8, 4) is 0 Å². The number of nitrogens with one attached hydrogen (secondary N) is 1. The average Bonchev–Trinajstić information content (AvgIpc) is 2.11. The number of carbonyl (C=O) groups is 2. The van der Waals surface area contributed by atoms with Gasteiger partial charge in [0, 0.05) is 6.54 Å². The van der Waals surface area contributed by atoms with Crippen molar-refractivity contribution in [1.82, 2.24) is 5.32 Å². The van der Waals surface area contributed by atoms with Crippen molar-refractivity contribution in [1.29, 1.82) is 0 Å². The van der Waals surface area contributed by atoms with E-state index in [2.05, 4.69) is 5.32 Å². The second-order valence-electron chi connectivity index (χ2n) is 2.39. The van der Waals surface area contributed by atoms with Crippen LogP contribution >= 0.6 is 0 Å². The van der Waals surface area contributed by atoms with Crippen molar-refractivity contribution in [2.24, 2.45) is 5.73 Å². The Morgan fingerprint density at radius 3 is 2.38 bits per heavy atom. The molecule has 0 aromatic rings. The highest BCUT2D eigenvalue weighted by molar-refractivity contribution is 5.81. The van der Waals surface area contributed by atoms with Crippen molar-refractivity contribution in [3.63, 3.8) is 0 Å². The van der Waals surface area contributed by atoms with Crippen LogP contribution in [0.4, 0.5) is 0 Å². The number of amides is 1. The Labute approximate surface area is 74.2 Å². The van der Waals surface area contributed by atoms with E-state index in [1.165, 1.54) is 0 Å². The lowest BCUT2D eigenvalue weighted by atomic mass is 10.3. The van der Waals surface area contributed by atoms with Crippen molar-refractivity contribution in [3.05, 3.63) is 0 Å². The summed E-state index contributed by atoms with van der Waals surface area (Å²) in [6.45, 7) is -1.00. The zero-order valence-corrected chi connectivity index (χ0v) is 6.80. The van der Waals surface area contributed by atoms with Crippen LogP contribution in [-0.4, -0.2) is 52.5 Å². The number of carbonyl (C=O) groups excluding carboxylic acids is 1. The molecule has 0 saturated heterocycles. The SMILES string of the molecule is NC(CNC(=O)C(O)CO)C(=O)O. The number of hydrogen-bond acceptors (Lipinski definition) is 5. The van der Waals surface area contributed by atoms with Crippen molar-refractivity contribution in [2.75, 3.05) is 13.2 Å². The van der Waals surface area contributed by atoms with E-state index < -0.39 is 30.6 Å². The summed E-state index contributed by atoms with van der Waals surface area (Å²) in [5.74, 6) is -2.10. The van der Waals surface area contributed by atoms with Gasteiger partial charge in [0.25, 0.3) is 5.91 Å². The summed E-state index contributed by atoms with van der Waals surface area (Å²) in [6, 6.07) is -1.21. The fourth-order valence-electron chi connectivity index (χ4n) is 0.499. The average molecular weight is 192 g/mol. The van der Waals surface area contributed by atoms with E-state index in [9.17, 15) is 9.59 Å². The van der Waals surface area contributed by atoms with Crippen LogP contribution in [0.5, 0.6) is 0 Å². The molecular weight excluding hydrogens is 180 g/mol. The summed E-state index contributed by atoms with van der Waals surface area (Å²) in [4.78, 5) is 20.9. The van der Waals surface area contributed by atoms with E-state index in [-0.39, 0.29) is 6.54 Å². The van der Waals surface area contributed by atoms with Crippen LogP contribution in [0.2, 0.25) is 0 Å². The van der Waals surface area contributed by atoms with Gasteiger partial charge < -0.3 is 26.4 Å². The van der Waals surface area contributed by atoms with E-state index in [0.717, 1.165) is 0 Å². The summed E-state index contributed by atoms with van der Waals surface area (Å²) < 4.78 is 0. The topological polar surface area (TPSA) is 133 Å². The lowest BCUT2D eigenvalue weighted by Gasteiger charge is -2.10. The monoisotopic (exact) mass is 192 g/mol. The van der Waals surface area contributed by atoms with E-state index in [4.69, 9.17) is 21.1 Å². The maximum Gasteiger partial charge on any atom is 0.322 e. The Hall–Kier alpha value is -1.18. The Morgan fingerprint density at radius 2 is 2.00 bits per heavy atom. The third-order valence-electron chi connectivity index (χ3n) is 1.29. The van der Waals surface area contributed by atoms with Crippen LogP contribution < -0.4 is 11.1 Å². The minimum Gasteiger partial charge on any atom is -0.480 e.